The molecule has 1 unspecified atom stereocenters. The molecule has 1 rings (SSSR count). The normalized spacial score (nSPS) is 13.7. The van der Waals surface area contributed by atoms with E-state index in [2.05, 4.69) is 4.74 Å². The molecule has 0 spiro atoms. The van der Waals surface area contributed by atoms with Crippen LogP contribution in [0.1, 0.15) is 25.8 Å². The third-order valence-electron chi connectivity index (χ3n) is 2.78. The molecule has 0 fully saturated rings. The fraction of sp³-hybridized carbons (Fsp3) is 0.538. The molecule has 0 aliphatic rings. The van der Waals surface area contributed by atoms with Gasteiger partial charge in [0.2, 0.25) is 0 Å². The molecule has 0 aliphatic heterocycles. The minimum Gasteiger partial charge on any atom is -0.406 e. The lowest BCUT2D eigenvalue weighted by Gasteiger charge is -2.15. The van der Waals surface area contributed by atoms with Gasteiger partial charge in [0.25, 0.3) is 0 Å². The summed E-state index contributed by atoms with van der Waals surface area (Å²) in [7, 11) is 0. The van der Waals surface area contributed by atoms with Crippen molar-refractivity contribution >= 4 is 0 Å². The van der Waals surface area contributed by atoms with E-state index in [1.807, 2.05) is 13.8 Å². The highest BCUT2D eigenvalue weighted by Crippen LogP contribution is 2.23. The topological polar surface area (TPSA) is 35.2 Å². The Labute approximate surface area is 105 Å². The number of hydrogen-bond acceptors (Lipinski definition) is 2. The second kappa shape index (κ2) is 6.09. The summed E-state index contributed by atoms with van der Waals surface area (Å²) in [6.45, 7) is 4.09. The van der Waals surface area contributed by atoms with Gasteiger partial charge >= 0.3 is 6.36 Å². The van der Waals surface area contributed by atoms with Crippen LogP contribution in [-0.4, -0.2) is 12.4 Å². The van der Waals surface area contributed by atoms with E-state index in [9.17, 15) is 13.2 Å². The molecule has 5 heteroatoms. The first-order valence-corrected chi connectivity index (χ1v) is 5.88. The Morgan fingerprint density at radius 3 is 2.17 bits per heavy atom. The summed E-state index contributed by atoms with van der Waals surface area (Å²) < 4.78 is 39.6. The molecule has 102 valence electrons. The van der Waals surface area contributed by atoms with Gasteiger partial charge in [0.15, 0.2) is 0 Å². The van der Waals surface area contributed by atoms with Crippen LogP contribution in [0.5, 0.6) is 5.75 Å². The van der Waals surface area contributed by atoms with E-state index in [1.54, 1.807) is 12.1 Å². The van der Waals surface area contributed by atoms with E-state index in [0.29, 0.717) is 5.92 Å². The van der Waals surface area contributed by atoms with Crippen LogP contribution in [0.25, 0.3) is 0 Å². The van der Waals surface area contributed by atoms with Crippen LogP contribution in [0.15, 0.2) is 24.3 Å². The van der Waals surface area contributed by atoms with Gasteiger partial charge in [-0.25, -0.2) is 0 Å². The Kier molecular flexibility index (Phi) is 5.02. The van der Waals surface area contributed by atoms with Crippen LogP contribution in [0.4, 0.5) is 13.2 Å². The third-order valence-corrected chi connectivity index (χ3v) is 2.78. The molecule has 0 aromatic heterocycles. The number of nitrogens with two attached hydrogens (primary N) is 1. The number of benzene rings is 1. The maximum atomic E-state index is 11.9. The molecule has 0 saturated heterocycles. The summed E-state index contributed by atoms with van der Waals surface area (Å²) in [5.41, 5.74) is 6.86. The number of aryl methyl sites for hydroxylation is 1. The van der Waals surface area contributed by atoms with E-state index >= 15 is 0 Å². The van der Waals surface area contributed by atoms with Crippen molar-refractivity contribution in [1.82, 2.24) is 0 Å². The zero-order valence-corrected chi connectivity index (χ0v) is 10.5. The van der Waals surface area contributed by atoms with Gasteiger partial charge in [-0.15, -0.1) is 13.2 Å². The summed E-state index contributed by atoms with van der Waals surface area (Å²) in [5.74, 6) is 0.206. The molecule has 0 bridgehead atoms. The number of halogens is 3. The van der Waals surface area contributed by atoms with Gasteiger partial charge in [-0.1, -0.05) is 26.0 Å². The maximum absolute atomic E-state index is 11.9. The lowest BCUT2D eigenvalue weighted by Crippen LogP contribution is -2.26. The predicted molar refractivity (Wildman–Crippen MR) is 64.3 cm³/mol. The highest BCUT2D eigenvalue weighted by atomic mass is 19.4. The predicted octanol–water partition coefficient (Wildman–Crippen LogP) is 3.50. The molecule has 2 N–H and O–H groups in total. The highest BCUT2D eigenvalue weighted by molar-refractivity contribution is 5.27. The molecule has 0 aliphatic carbocycles. The molecule has 0 saturated carbocycles. The largest absolute Gasteiger partial charge is 0.573 e. The summed E-state index contributed by atoms with van der Waals surface area (Å²) in [5, 5.41) is 0. The Balaban J connectivity index is 2.50. The Hall–Kier alpha value is -1.23. The average Bonchev–Trinajstić information content (AvgIpc) is 2.25. The first-order valence-electron chi connectivity index (χ1n) is 5.88. The lowest BCUT2D eigenvalue weighted by molar-refractivity contribution is -0.274. The second-order valence-electron chi connectivity index (χ2n) is 4.64. The number of ether oxygens (including phenoxy) is 1. The third kappa shape index (κ3) is 5.40. The highest BCUT2D eigenvalue weighted by Gasteiger charge is 2.30. The van der Waals surface area contributed by atoms with Crippen molar-refractivity contribution in [3.63, 3.8) is 0 Å². The zero-order valence-electron chi connectivity index (χ0n) is 10.5. The van der Waals surface area contributed by atoms with Crippen LogP contribution in [0, 0.1) is 5.92 Å². The van der Waals surface area contributed by atoms with Crippen molar-refractivity contribution in [2.45, 2.75) is 39.1 Å². The molecular weight excluding hydrogens is 243 g/mol. The van der Waals surface area contributed by atoms with E-state index in [-0.39, 0.29) is 11.8 Å². The van der Waals surface area contributed by atoms with Gasteiger partial charge in [-0.05, 0) is 36.5 Å². The zero-order chi connectivity index (χ0) is 13.8. The van der Waals surface area contributed by atoms with Crippen molar-refractivity contribution in [2.75, 3.05) is 0 Å². The van der Waals surface area contributed by atoms with Crippen molar-refractivity contribution in [3.8, 4) is 5.75 Å². The smallest absolute Gasteiger partial charge is 0.406 e. The molecule has 2 nitrogen and oxygen atoms in total. The van der Waals surface area contributed by atoms with Crippen LogP contribution in [0.2, 0.25) is 0 Å². The molecule has 1 aromatic carbocycles. The minimum absolute atomic E-state index is 0.108. The average molecular weight is 261 g/mol. The second-order valence-corrected chi connectivity index (χ2v) is 4.64. The van der Waals surface area contributed by atoms with Crippen LogP contribution >= 0.6 is 0 Å². The fourth-order valence-electron chi connectivity index (χ4n) is 1.52. The molecule has 0 heterocycles. The number of hydrogen-bond donors (Lipinski definition) is 1. The standard InChI is InChI=1S/C13H18F3NO/c1-9(2)12(17)8-5-10-3-6-11(7-4-10)18-13(14,15)16/h3-4,6-7,9,12H,5,8,17H2,1-2H3. The Bertz CT molecular complexity index is 359. The number of alkyl halides is 3. The van der Waals surface area contributed by atoms with E-state index in [0.717, 1.165) is 18.4 Å². The monoisotopic (exact) mass is 261 g/mol. The van der Waals surface area contributed by atoms with Crippen molar-refractivity contribution < 1.29 is 17.9 Å². The summed E-state index contributed by atoms with van der Waals surface area (Å²) in [4.78, 5) is 0. The molecule has 18 heavy (non-hydrogen) atoms. The molecule has 1 aromatic rings. The summed E-state index contributed by atoms with van der Waals surface area (Å²) in [6.07, 6.45) is -3.07. The van der Waals surface area contributed by atoms with Gasteiger partial charge in [0, 0.05) is 6.04 Å². The molecule has 0 amide bonds. The van der Waals surface area contributed by atoms with Gasteiger partial charge < -0.3 is 10.5 Å². The molecule has 0 radical (unpaired) electrons. The van der Waals surface area contributed by atoms with E-state index < -0.39 is 6.36 Å². The summed E-state index contributed by atoms with van der Waals surface area (Å²) in [6, 6.07) is 6.02. The maximum Gasteiger partial charge on any atom is 0.573 e. The quantitative estimate of drug-likeness (QED) is 0.880. The van der Waals surface area contributed by atoms with Gasteiger partial charge in [-0.2, -0.15) is 0 Å². The van der Waals surface area contributed by atoms with Crippen LogP contribution < -0.4 is 10.5 Å². The van der Waals surface area contributed by atoms with Crippen LogP contribution in [0.3, 0.4) is 0 Å². The van der Waals surface area contributed by atoms with E-state index in [4.69, 9.17) is 5.73 Å². The number of rotatable bonds is 5. The Morgan fingerprint density at radius 2 is 1.72 bits per heavy atom. The molecule has 1 atom stereocenters. The van der Waals surface area contributed by atoms with Gasteiger partial charge in [0.1, 0.15) is 5.75 Å². The Morgan fingerprint density at radius 1 is 1.17 bits per heavy atom. The van der Waals surface area contributed by atoms with Crippen molar-refractivity contribution in [2.24, 2.45) is 11.7 Å². The van der Waals surface area contributed by atoms with Crippen molar-refractivity contribution in [3.05, 3.63) is 29.8 Å². The fourth-order valence-corrected chi connectivity index (χ4v) is 1.52. The molecular formula is C13H18F3NO. The lowest BCUT2D eigenvalue weighted by atomic mass is 9.98. The SMILES string of the molecule is CC(C)C(N)CCc1ccc(OC(F)(F)F)cc1. The van der Waals surface area contributed by atoms with Gasteiger partial charge in [-0.3, -0.25) is 0 Å². The summed E-state index contributed by atoms with van der Waals surface area (Å²) >= 11 is 0. The minimum atomic E-state index is -4.64. The van der Waals surface area contributed by atoms with E-state index in [1.165, 1.54) is 12.1 Å². The van der Waals surface area contributed by atoms with Crippen LogP contribution in [-0.2, 0) is 6.42 Å². The van der Waals surface area contributed by atoms with Crippen molar-refractivity contribution in [1.29, 1.82) is 0 Å². The first kappa shape index (κ1) is 14.8. The first-order chi connectivity index (χ1) is 8.28. The van der Waals surface area contributed by atoms with Gasteiger partial charge in [0.05, 0.1) is 0 Å².